The van der Waals surface area contributed by atoms with Gasteiger partial charge in [-0.15, -0.1) is 0 Å². The smallest absolute Gasteiger partial charge is 0.341 e. The monoisotopic (exact) mass is 427 g/mol. The minimum atomic E-state index is -3.83. The highest BCUT2D eigenvalue weighted by molar-refractivity contribution is 7.90. The van der Waals surface area contributed by atoms with E-state index in [0.717, 1.165) is 0 Å². The summed E-state index contributed by atoms with van der Waals surface area (Å²) in [5.41, 5.74) is 0.774. The molecular formula is C21H17NO7S. The molecule has 3 rings (SSSR count). The van der Waals surface area contributed by atoms with E-state index in [1.54, 1.807) is 18.2 Å². The molecule has 0 aliphatic rings. The molecule has 9 heteroatoms. The second-order valence-electron chi connectivity index (χ2n) is 6.40. The number of nitrogens with zero attached hydrogens (tertiary/aromatic N) is 1. The number of phenolic OH excluding ortho intramolecular Hbond substituents is 1. The summed E-state index contributed by atoms with van der Waals surface area (Å²) < 4.78 is 30.3. The van der Waals surface area contributed by atoms with Crippen molar-refractivity contribution in [1.82, 2.24) is 0 Å². The first-order chi connectivity index (χ1) is 14.2. The highest BCUT2D eigenvalue weighted by Gasteiger charge is 2.20. The van der Waals surface area contributed by atoms with Gasteiger partial charge in [-0.25, -0.2) is 13.2 Å². The molecule has 3 aromatic carbocycles. The number of phenols is 1. The minimum absolute atomic E-state index is 0.0188. The number of sulfone groups is 1. The summed E-state index contributed by atoms with van der Waals surface area (Å²) >= 11 is 0. The number of methoxy groups -OCH3 is 1. The van der Waals surface area contributed by atoms with Crippen molar-refractivity contribution in [1.29, 1.82) is 0 Å². The Morgan fingerprint density at radius 1 is 1.07 bits per heavy atom. The molecule has 0 fully saturated rings. The lowest BCUT2D eigenvalue weighted by molar-refractivity contribution is -0.384. The number of rotatable bonds is 6. The SMILES string of the molecule is COC(=O)c1ccc(CS(=O)(=O)c2cccc(-c3ccccc3[N+](=O)[O-])c2)cc1O. The molecule has 0 aromatic heterocycles. The number of hydrogen-bond acceptors (Lipinski definition) is 7. The van der Waals surface area contributed by atoms with E-state index in [4.69, 9.17) is 0 Å². The van der Waals surface area contributed by atoms with E-state index in [1.165, 1.54) is 55.6 Å². The first-order valence-electron chi connectivity index (χ1n) is 8.70. The van der Waals surface area contributed by atoms with Gasteiger partial charge < -0.3 is 9.84 Å². The third-order valence-corrected chi connectivity index (χ3v) is 6.11. The van der Waals surface area contributed by atoms with Crippen LogP contribution in [0, 0.1) is 10.1 Å². The molecule has 8 nitrogen and oxygen atoms in total. The number of ether oxygens (including phenoxy) is 1. The standard InChI is InChI=1S/C21H17NO7S/c1-29-21(24)18-10-9-14(11-20(18)23)13-30(27,28)16-6-4-5-15(12-16)17-7-2-3-8-19(17)22(25)26/h2-12,23H,13H2,1H3. The zero-order valence-corrected chi connectivity index (χ0v) is 16.6. The Kier molecular flexibility index (Phi) is 5.84. The Bertz CT molecular complexity index is 1240. The van der Waals surface area contributed by atoms with Gasteiger partial charge in [0, 0.05) is 6.07 Å². The molecule has 154 valence electrons. The molecule has 0 radical (unpaired) electrons. The number of benzene rings is 3. The Labute approximate surface area is 172 Å². The number of nitro benzene ring substituents is 1. The predicted octanol–water partition coefficient (Wildman–Crippen LogP) is 3.73. The first-order valence-corrected chi connectivity index (χ1v) is 10.3. The summed E-state index contributed by atoms with van der Waals surface area (Å²) in [7, 11) is -2.66. The van der Waals surface area contributed by atoms with E-state index in [2.05, 4.69) is 4.74 Å². The molecule has 0 saturated heterocycles. The van der Waals surface area contributed by atoms with Crippen LogP contribution in [0.5, 0.6) is 5.75 Å². The van der Waals surface area contributed by atoms with Crippen LogP contribution in [0.1, 0.15) is 15.9 Å². The summed E-state index contributed by atoms with van der Waals surface area (Å²) in [5.74, 6) is -1.55. The average Bonchev–Trinajstić information content (AvgIpc) is 2.73. The molecule has 0 unspecified atom stereocenters. The normalized spacial score (nSPS) is 11.1. The fraction of sp³-hybridized carbons (Fsp3) is 0.0952. The van der Waals surface area contributed by atoms with E-state index in [9.17, 15) is 28.4 Å². The maximum atomic E-state index is 12.9. The van der Waals surface area contributed by atoms with Crippen LogP contribution in [0.15, 0.2) is 71.6 Å². The van der Waals surface area contributed by atoms with Crippen molar-refractivity contribution in [2.24, 2.45) is 0 Å². The third kappa shape index (κ3) is 4.31. The summed E-state index contributed by atoms with van der Waals surface area (Å²) in [4.78, 5) is 22.3. The van der Waals surface area contributed by atoms with Crippen LogP contribution in [0.2, 0.25) is 0 Å². The number of nitro groups is 1. The van der Waals surface area contributed by atoms with Gasteiger partial charge >= 0.3 is 5.97 Å². The van der Waals surface area contributed by atoms with Gasteiger partial charge in [0.05, 0.1) is 28.2 Å². The molecule has 0 aliphatic carbocycles. The van der Waals surface area contributed by atoms with Gasteiger partial charge in [-0.2, -0.15) is 0 Å². The minimum Gasteiger partial charge on any atom is -0.507 e. The van der Waals surface area contributed by atoms with Crippen molar-refractivity contribution >= 4 is 21.5 Å². The number of esters is 1. The molecule has 0 spiro atoms. The van der Waals surface area contributed by atoms with Crippen LogP contribution in [0.3, 0.4) is 0 Å². The number of carbonyl (C=O) groups is 1. The largest absolute Gasteiger partial charge is 0.507 e. The van der Waals surface area contributed by atoms with Crippen LogP contribution < -0.4 is 0 Å². The zero-order valence-electron chi connectivity index (χ0n) is 15.8. The van der Waals surface area contributed by atoms with Crippen LogP contribution in [0.25, 0.3) is 11.1 Å². The van der Waals surface area contributed by atoms with Gasteiger partial charge in [-0.05, 0) is 41.5 Å². The molecule has 0 heterocycles. The van der Waals surface area contributed by atoms with Crippen molar-refractivity contribution in [2.75, 3.05) is 7.11 Å². The quantitative estimate of drug-likeness (QED) is 0.361. The molecule has 0 atom stereocenters. The van der Waals surface area contributed by atoms with E-state index in [0.29, 0.717) is 11.1 Å². The lowest BCUT2D eigenvalue weighted by atomic mass is 10.0. The van der Waals surface area contributed by atoms with Gasteiger partial charge in [0.2, 0.25) is 0 Å². The zero-order chi connectivity index (χ0) is 21.9. The number of aromatic hydroxyl groups is 1. The van der Waals surface area contributed by atoms with E-state index in [1.807, 2.05) is 0 Å². The van der Waals surface area contributed by atoms with Crippen LogP contribution >= 0.6 is 0 Å². The maximum Gasteiger partial charge on any atom is 0.341 e. The van der Waals surface area contributed by atoms with E-state index < -0.39 is 26.5 Å². The average molecular weight is 427 g/mol. The summed E-state index contributed by atoms with van der Waals surface area (Å²) in [6.45, 7) is 0. The molecule has 0 bridgehead atoms. The highest BCUT2D eigenvalue weighted by Crippen LogP contribution is 2.31. The molecule has 0 amide bonds. The summed E-state index contributed by atoms with van der Waals surface area (Å²) in [5, 5.41) is 21.3. The van der Waals surface area contributed by atoms with Crippen molar-refractivity contribution in [2.45, 2.75) is 10.6 Å². The van der Waals surface area contributed by atoms with Crippen LogP contribution in [0.4, 0.5) is 5.69 Å². The Balaban J connectivity index is 1.95. The third-order valence-electron chi connectivity index (χ3n) is 4.43. The van der Waals surface area contributed by atoms with Crippen molar-refractivity contribution in [3.8, 4) is 16.9 Å². The molecule has 30 heavy (non-hydrogen) atoms. The molecule has 0 aliphatic heterocycles. The van der Waals surface area contributed by atoms with E-state index >= 15 is 0 Å². The number of para-hydroxylation sites is 1. The Morgan fingerprint density at radius 3 is 2.47 bits per heavy atom. The van der Waals surface area contributed by atoms with Crippen molar-refractivity contribution in [3.63, 3.8) is 0 Å². The molecule has 3 aromatic rings. The molecular weight excluding hydrogens is 410 g/mol. The second kappa shape index (κ2) is 8.34. The van der Waals surface area contributed by atoms with Crippen molar-refractivity contribution in [3.05, 3.63) is 88.0 Å². The predicted molar refractivity (Wildman–Crippen MR) is 109 cm³/mol. The Hall–Kier alpha value is -3.72. The highest BCUT2D eigenvalue weighted by atomic mass is 32.2. The van der Waals surface area contributed by atoms with Crippen molar-refractivity contribution < 1.29 is 28.0 Å². The van der Waals surface area contributed by atoms with E-state index in [-0.39, 0.29) is 27.5 Å². The first kappa shape index (κ1) is 21.0. The van der Waals surface area contributed by atoms with Gasteiger partial charge in [-0.3, -0.25) is 10.1 Å². The topological polar surface area (TPSA) is 124 Å². The molecule has 0 saturated carbocycles. The van der Waals surface area contributed by atoms with Gasteiger partial charge in [0.15, 0.2) is 9.84 Å². The van der Waals surface area contributed by atoms with Crippen LogP contribution in [-0.2, 0) is 20.3 Å². The maximum absolute atomic E-state index is 12.9. The summed E-state index contributed by atoms with van der Waals surface area (Å²) in [6, 6.07) is 15.8. The number of carbonyl (C=O) groups excluding carboxylic acids is 1. The molecule has 1 N–H and O–H groups in total. The lowest BCUT2D eigenvalue weighted by Gasteiger charge is -2.09. The van der Waals surface area contributed by atoms with Gasteiger partial charge in [0.25, 0.3) is 5.69 Å². The second-order valence-corrected chi connectivity index (χ2v) is 8.39. The summed E-state index contributed by atoms with van der Waals surface area (Å²) in [6.07, 6.45) is 0. The van der Waals surface area contributed by atoms with Crippen LogP contribution in [-0.4, -0.2) is 31.5 Å². The lowest BCUT2D eigenvalue weighted by Crippen LogP contribution is -2.07. The fourth-order valence-electron chi connectivity index (χ4n) is 2.99. The fourth-order valence-corrected chi connectivity index (χ4v) is 4.36. The Morgan fingerprint density at radius 2 is 1.80 bits per heavy atom. The van der Waals surface area contributed by atoms with Gasteiger partial charge in [0.1, 0.15) is 11.3 Å². The van der Waals surface area contributed by atoms with Gasteiger partial charge in [-0.1, -0.05) is 30.3 Å². The number of hydrogen-bond donors (Lipinski definition) is 1.